The lowest BCUT2D eigenvalue weighted by Gasteiger charge is -2.26. The molecule has 13 heteroatoms. The Morgan fingerprint density at radius 2 is 2.09 bits per heavy atom. The predicted octanol–water partition coefficient (Wildman–Crippen LogP) is 0.172. The van der Waals surface area contributed by atoms with Crippen LogP contribution in [0.25, 0.3) is 11.2 Å². The summed E-state index contributed by atoms with van der Waals surface area (Å²) < 4.78 is 40.4. The van der Waals surface area contributed by atoms with Crippen molar-refractivity contribution < 1.29 is 27.2 Å². The molecule has 1 aromatic carbocycles. The Morgan fingerprint density at radius 3 is 2.88 bits per heavy atom. The highest BCUT2D eigenvalue weighted by atomic mass is 32.2. The number of aryl methyl sites for hydroxylation is 1. The largest absolute Gasteiger partial charge is 0.381 e. The van der Waals surface area contributed by atoms with Crippen LogP contribution in [0, 0.1) is 0 Å². The fraction of sp³-hybridized carbons (Fsp3) is 0.450. The van der Waals surface area contributed by atoms with Gasteiger partial charge in [0.15, 0.2) is 28.8 Å². The van der Waals surface area contributed by atoms with E-state index in [9.17, 15) is 13.5 Å². The highest BCUT2D eigenvalue weighted by molar-refractivity contribution is 7.84. The number of nitrogens with one attached hydrogen (secondary N) is 1. The SMILES string of the molecule is CO[C@H]1[C@H](n2cnc3c(N[C@H]4CCc5ccccc54)ncnc32)O[C@@H]2C(OS(N)(=O)=O)[C@@]21O. The van der Waals surface area contributed by atoms with E-state index in [-0.39, 0.29) is 6.04 Å². The molecule has 12 nitrogen and oxygen atoms in total. The van der Waals surface area contributed by atoms with Gasteiger partial charge >= 0.3 is 10.3 Å². The van der Waals surface area contributed by atoms with Crippen molar-refractivity contribution in [1.82, 2.24) is 19.5 Å². The van der Waals surface area contributed by atoms with Crippen LogP contribution in [0.2, 0.25) is 0 Å². The van der Waals surface area contributed by atoms with Gasteiger partial charge in [0.25, 0.3) is 0 Å². The van der Waals surface area contributed by atoms with Crippen LogP contribution in [0.15, 0.2) is 36.9 Å². The number of nitrogens with zero attached hydrogens (tertiary/aromatic N) is 4. The molecule has 2 aliphatic carbocycles. The summed E-state index contributed by atoms with van der Waals surface area (Å²) in [6, 6.07) is 8.42. The molecule has 1 unspecified atom stereocenters. The molecular weight excluding hydrogens is 452 g/mol. The maximum absolute atomic E-state index is 11.3. The summed E-state index contributed by atoms with van der Waals surface area (Å²) in [4.78, 5) is 13.2. The monoisotopic (exact) mass is 474 g/mol. The lowest BCUT2D eigenvalue weighted by atomic mass is 10.1. The van der Waals surface area contributed by atoms with Crippen molar-refractivity contribution in [2.24, 2.45) is 5.14 Å². The number of rotatable bonds is 6. The fourth-order valence-corrected chi connectivity index (χ4v) is 5.63. The van der Waals surface area contributed by atoms with Crippen molar-refractivity contribution in [3.05, 3.63) is 48.0 Å². The Hall–Kier alpha value is -2.68. The van der Waals surface area contributed by atoms with Crippen molar-refractivity contribution in [2.45, 2.75) is 49.0 Å². The van der Waals surface area contributed by atoms with E-state index in [1.54, 1.807) is 4.57 Å². The normalized spacial score (nSPS) is 32.6. The molecule has 3 aliphatic rings. The van der Waals surface area contributed by atoms with E-state index in [1.807, 2.05) is 12.1 Å². The Balaban J connectivity index is 1.29. The van der Waals surface area contributed by atoms with E-state index in [0.717, 1.165) is 12.8 Å². The summed E-state index contributed by atoms with van der Waals surface area (Å²) in [5.41, 5.74) is 1.93. The lowest BCUT2D eigenvalue weighted by molar-refractivity contribution is -0.106. The van der Waals surface area contributed by atoms with E-state index in [0.29, 0.717) is 17.0 Å². The van der Waals surface area contributed by atoms with Gasteiger partial charge in [-0.25, -0.2) is 24.3 Å². The number of anilines is 1. The number of ether oxygens (including phenoxy) is 2. The van der Waals surface area contributed by atoms with E-state index < -0.39 is 40.4 Å². The second-order valence-electron chi connectivity index (χ2n) is 8.48. The maximum Gasteiger partial charge on any atom is 0.333 e. The Morgan fingerprint density at radius 1 is 1.27 bits per heavy atom. The Labute approximate surface area is 189 Å². The van der Waals surface area contributed by atoms with Gasteiger partial charge in [-0.2, -0.15) is 8.42 Å². The van der Waals surface area contributed by atoms with Crippen LogP contribution in [0.1, 0.15) is 29.8 Å². The number of aliphatic hydroxyl groups is 1. The number of benzene rings is 1. The van der Waals surface area contributed by atoms with Crippen LogP contribution in [0.3, 0.4) is 0 Å². The van der Waals surface area contributed by atoms with Gasteiger partial charge in [-0.3, -0.25) is 4.57 Å². The van der Waals surface area contributed by atoms with Gasteiger partial charge in [0.1, 0.15) is 24.6 Å². The van der Waals surface area contributed by atoms with Crippen molar-refractivity contribution in [3.63, 3.8) is 0 Å². The van der Waals surface area contributed by atoms with Crippen LogP contribution in [-0.4, -0.2) is 64.1 Å². The first-order valence-electron chi connectivity index (χ1n) is 10.4. The number of methoxy groups -OCH3 is 1. The van der Waals surface area contributed by atoms with Gasteiger partial charge in [-0.1, -0.05) is 24.3 Å². The second kappa shape index (κ2) is 7.16. The first kappa shape index (κ1) is 20.9. The molecule has 6 rings (SSSR count). The van der Waals surface area contributed by atoms with Gasteiger partial charge in [-0.05, 0) is 24.0 Å². The average molecular weight is 474 g/mol. The van der Waals surface area contributed by atoms with Gasteiger partial charge < -0.3 is 19.9 Å². The zero-order valence-electron chi connectivity index (χ0n) is 17.5. The van der Waals surface area contributed by atoms with Crippen LogP contribution >= 0.6 is 0 Å². The molecule has 174 valence electrons. The van der Waals surface area contributed by atoms with Gasteiger partial charge in [0.2, 0.25) is 0 Å². The first-order chi connectivity index (χ1) is 15.8. The molecule has 4 N–H and O–H groups in total. The lowest BCUT2D eigenvalue weighted by Crippen LogP contribution is -2.40. The number of nitrogens with two attached hydrogens (primary N) is 1. The third-order valence-corrected chi connectivity index (χ3v) is 7.12. The summed E-state index contributed by atoms with van der Waals surface area (Å²) in [5.74, 6) is 0.590. The number of hydrogen-bond acceptors (Lipinski definition) is 10. The van der Waals surface area contributed by atoms with Gasteiger partial charge in [0, 0.05) is 7.11 Å². The minimum absolute atomic E-state index is 0.114. The molecule has 2 aromatic heterocycles. The van der Waals surface area contributed by atoms with Crippen LogP contribution in [0.4, 0.5) is 5.82 Å². The number of hydrogen-bond donors (Lipinski definition) is 3. The highest BCUT2D eigenvalue weighted by Crippen LogP contribution is 2.56. The van der Waals surface area contributed by atoms with Crippen LogP contribution in [-0.2, 0) is 30.4 Å². The standard InChI is InChI=1S/C20H22N6O6S/c1-30-16-19(31-14-15(20(14,16)27)32-33(21,28)29)26-9-24-13-17(22-8-23-18(13)26)25-12-7-6-10-4-2-3-5-11(10)12/h2-5,8-9,12,14-16,19,27H,6-7H2,1H3,(H2,21,28,29)(H,22,23,25)/t12-,14+,15?,16-,19+,20-/m0/s1. The molecule has 1 aliphatic heterocycles. The molecule has 0 radical (unpaired) electrons. The second-order valence-corrected chi connectivity index (χ2v) is 9.66. The summed E-state index contributed by atoms with van der Waals surface area (Å²) in [5, 5.41) is 19.4. The summed E-state index contributed by atoms with van der Waals surface area (Å²) in [7, 11) is -2.87. The third-order valence-electron chi connectivity index (χ3n) is 6.65. The molecule has 0 spiro atoms. The first-order valence-corrected chi connectivity index (χ1v) is 11.9. The molecule has 0 amide bonds. The summed E-state index contributed by atoms with van der Waals surface area (Å²) in [6.45, 7) is 0. The van der Waals surface area contributed by atoms with Gasteiger partial charge in [-0.15, -0.1) is 0 Å². The average Bonchev–Trinajstić information content (AvgIpc) is 3.22. The highest BCUT2D eigenvalue weighted by Gasteiger charge is 2.79. The third kappa shape index (κ3) is 3.15. The summed E-state index contributed by atoms with van der Waals surface area (Å²) >= 11 is 0. The van der Waals surface area contributed by atoms with Crippen LogP contribution < -0.4 is 10.5 Å². The minimum Gasteiger partial charge on any atom is -0.381 e. The molecule has 1 saturated heterocycles. The number of imidazole rings is 1. The molecule has 3 heterocycles. The zero-order valence-corrected chi connectivity index (χ0v) is 18.3. The van der Waals surface area contributed by atoms with E-state index in [2.05, 4.69) is 32.4 Å². The molecule has 2 fully saturated rings. The van der Waals surface area contributed by atoms with Gasteiger partial charge in [0.05, 0.1) is 12.4 Å². The molecule has 3 aromatic rings. The van der Waals surface area contributed by atoms with E-state index >= 15 is 0 Å². The molecule has 0 bridgehead atoms. The number of aromatic nitrogens is 4. The molecule has 33 heavy (non-hydrogen) atoms. The van der Waals surface area contributed by atoms with Crippen molar-refractivity contribution >= 4 is 27.3 Å². The minimum atomic E-state index is -4.26. The topological polar surface area (TPSA) is 164 Å². The van der Waals surface area contributed by atoms with Crippen molar-refractivity contribution in [3.8, 4) is 0 Å². The van der Waals surface area contributed by atoms with E-state index in [4.69, 9.17) is 18.8 Å². The quantitative estimate of drug-likeness (QED) is 0.449. The Kier molecular flexibility index (Phi) is 4.53. The van der Waals surface area contributed by atoms with Crippen LogP contribution in [0.5, 0.6) is 0 Å². The maximum atomic E-state index is 11.3. The van der Waals surface area contributed by atoms with Crippen molar-refractivity contribution in [2.75, 3.05) is 12.4 Å². The predicted molar refractivity (Wildman–Crippen MR) is 114 cm³/mol. The zero-order chi connectivity index (χ0) is 23.0. The smallest absolute Gasteiger partial charge is 0.333 e. The molecule has 1 saturated carbocycles. The number of fused-ring (bicyclic) bond motifs is 3. The molecule has 6 atom stereocenters. The van der Waals surface area contributed by atoms with Crippen molar-refractivity contribution in [1.29, 1.82) is 0 Å². The van der Waals surface area contributed by atoms with E-state index in [1.165, 1.54) is 30.9 Å². The fourth-order valence-electron chi connectivity index (χ4n) is 5.09. The Bertz CT molecular complexity index is 1350. The summed E-state index contributed by atoms with van der Waals surface area (Å²) in [6.07, 6.45) is 1.11. The molecular formula is C20H22N6O6S.